The van der Waals surface area contributed by atoms with Crippen molar-refractivity contribution in [2.75, 3.05) is 59.6 Å². The largest absolute Gasteiger partial charge is 0.467 e. The number of benzene rings is 7. The van der Waals surface area contributed by atoms with E-state index in [2.05, 4.69) is 138 Å². The number of pyridine rings is 7. The van der Waals surface area contributed by atoms with Gasteiger partial charge in [-0.2, -0.15) is 0 Å². The Kier molecular flexibility index (Phi) is 24.3. The number of H-pyrrole nitrogens is 5. The molecule has 0 saturated carbocycles. The minimum Gasteiger partial charge on any atom is -0.467 e. The maximum Gasteiger partial charge on any atom is 0.316 e. The van der Waals surface area contributed by atoms with Crippen molar-refractivity contribution in [2.24, 2.45) is 0 Å². The minimum atomic E-state index is -0.285. The van der Waals surface area contributed by atoms with Crippen LogP contribution in [-0.4, -0.2) is 147 Å². The lowest BCUT2D eigenvalue weighted by Crippen LogP contribution is -2.37. The van der Waals surface area contributed by atoms with E-state index in [0.717, 1.165) is 141 Å². The van der Waals surface area contributed by atoms with Crippen LogP contribution in [-0.2, 0) is 4.74 Å². The molecule has 0 radical (unpaired) electrons. The highest BCUT2D eigenvalue weighted by molar-refractivity contribution is 6.00. The molecule has 23 rings (SSSR count). The van der Waals surface area contributed by atoms with Crippen LogP contribution in [0.4, 0.5) is 29.0 Å². The van der Waals surface area contributed by atoms with Crippen molar-refractivity contribution in [3.8, 4) is 56.5 Å². The van der Waals surface area contributed by atoms with Gasteiger partial charge in [0.05, 0.1) is 103 Å². The first-order valence-corrected chi connectivity index (χ1v) is 44.3. The summed E-state index contributed by atoms with van der Waals surface area (Å²) in [6.45, 7) is 12.8. The summed E-state index contributed by atoms with van der Waals surface area (Å²) >= 11 is 0. The molecule has 9 N–H and O–H groups in total. The summed E-state index contributed by atoms with van der Waals surface area (Å²) in [4.78, 5) is 137. The van der Waals surface area contributed by atoms with Gasteiger partial charge in [0.15, 0.2) is 40.2 Å². The normalized spacial score (nSPS) is 12.9. The van der Waals surface area contributed by atoms with Crippen molar-refractivity contribution < 1.29 is 9.47 Å². The molecule has 676 valence electrons. The molecule has 4 atom stereocenters. The summed E-state index contributed by atoms with van der Waals surface area (Å²) in [7, 11) is 1.51. The zero-order valence-electron chi connectivity index (χ0n) is 74.9. The Hall–Kier alpha value is -18.2. The quantitative estimate of drug-likeness (QED) is 0.0342. The van der Waals surface area contributed by atoms with E-state index in [9.17, 15) is 19.2 Å². The molecule has 7 aromatic carbocycles. The molecular weight excluding hydrogens is 1730 g/mol. The number of nitrogens with one attached hydrogen (secondary N) is 9. The highest BCUT2D eigenvalue weighted by Gasteiger charge is 2.27. The first-order chi connectivity index (χ1) is 67.1. The second-order valence-electron chi connectivity index (χ2n) is 32.6. The molecule has 0 aliphatic carbocycles. The lowest BCUT2D eigenvalue weighted by Gasteiger charge is -2.30. The number of aromatic amines is 5. The van der Waals surface area contributed by atoms with E-state index < -0.39 is 0 Å². The standard InChI is InChI=1S/C28H23N7O.C27H22N8O2.C27H26N6O2.C21H17N7O/c1-17-13-19(11-12-29-17)22-10-6-7-20-14-23(35(28(36)24(20)22)21-8-4-3-5-9-21)18(2)34-27-25-26(31-15-30-25)32-16-33-27;1-16(34-25-23-24(31-14-30-23)32-15-33-25)21-11-17-7-6-10-20(18-12-28-27(37-2)29-13-18)22(17)26(36)35(21)19-8-4-3-5-9-19;1-18(31-26-25-21(10-11-28-26)29-17-30-25)23-16-19-6-5-9-22(32-12-14-35-15-13-32)24(19)27(34)33(23)20-7-3-2-4-8-20;1-12(27-20-18-19(24-10-23-18)25-11-26-20)16-8-13-4-2-6-15(17(13)21(29)28-16)14-5-3-7-22-9-14/h3-16,18H,1-2H3,(H2,30,31,32,33,34);3-16H,1-2H3,(H2,30,31,32,33,34);2-11,16-18H,12-15H2,1H3,(H,28,31)(H,29,30);2-12H,1H3,(H,28,29)(H2,23,24,25,26,27)/t18-;16-;18-;12-/m0010/s1. The highest BCUT2D eigenvalue weighted by Crippen LogP contribution is 2.37. The number of para-hydroxylation sites is 3. The second-order valence-corrected chi connectivity index (χ2v) is 32.6. The summed E-state index contributed by atoms with van der Waals surface area (Å²) in [6, 6.07) is 69.9. The fraction of sp³-hybridized carbons (Fsp3) is 0.136. The molecule has 1 fully saturated rings. The molecule has 0 unspecified atom stereocenters. The van der Waals surface area contributed by atoms with Crippen LogP contribution in [0.15, 0.2) is 319 Å². The monoisotopic (exact) mass is 1810 g/mol. The maximum absolute atomic E-state index is 14.2. The molecule has 137 heavy (non-hydrogen) atoms. The van der Waals surface area contributed by atoms with E-state index in [0.29, 0.717) is 80.6 Å². The Morgan fingerprint density at radius 2 is 0.832 bits per heavy atom. The Bertz CT molecular complexity index is 8440. The topological polar surface area (TPSA) is 425 Å². The number of hydrogen-bond donors (Lipinski definition) is 9. The number of aromatic nitrogens is 23. The number of aryl methyl sites for hydroxylation is 1. The van der Waals surface area contributed by atoms with Gasteiger partial charge in [0, 0.05) is 107 Å². The lowest BCUT2D eigenvalue weighted by atomic mass is 9.98. The number of fused-ring (bicyclic) bond motifs is 8. The van der Waals surface area contributed by atoms with E-state index in [1.807, 2.05) is 245 Å². The zero-order chi connectivity index (χ0) is 93.6. The number of methoxy groups -OCH3 is 1. The van der Waals surface area contributed by atoms with Crippen LogP contribution >= 0.6 is 0 Å². The van der Waals surface area contributed by atoms with Gasteiger partial charge < -0.3 is 60.6 Å². The minimum absolute atomic E-state index is 0.0367. The van der Waals surface area contributed by atoms with Crippen LogP contribution in [0.3, 0.4) is 0 Å². The molecule has 34 nitrogen and oxygen atoms in total. The summed E-state index contributed by atoms with van der Waals surface area (Å²) in [5, 5.41) is 19.8. The number of anilines is 5. The van der Waals surface area contributed by atoms with E-state index >= 15 is 0 Å². The fourth-order valence-corrected chi connectivity index (χ4v) is 17.5. The molecule has 0 amide bonds. The fourth-order valence-electron chi connectivity index (χ4n) is 17.5. The summed E-state index contributed by atoms with van der Waals surface area (Å²) in [6.07, 6.45) is 21.1. The van der Waals surface area contributed by atoms with Crippen LogP contribution < -0.4 is 53.1 Å². The number of ether oxygens (including phenoxy) is 2. The highest BCUT2D eigenvalue weighted by atomic mass is 16.5. The maximum atomic E-state index is 14.2. The van der Waals surface area contributed by atoms with Crippen LogP contribution in [0.5, 0.6) is 6.01 Å². The van der Waals surface area contributed by atoms with Crippen molar-refractivity contribution >= 4 is 117 Å². The average Bonchev–Trinajstić information content (AvgIpc) is 1.71. The molecule has 1 saturated heterocycles. The van der Waals surface area contributed by atoms with Crippen molar-refractivity contribution in [3.63, 3.8) is 0 Å². The van der Waals surface area contributed by atoms with Gasteiger partial charge in [-0.15, -0.1) is 0 Å². The molecule has 16 heterocycles. The van der Waals surface area contributed by atoms with E-state index in [1.165, 1.54) is 26.1 Å². The van der Waals surface area contributed by atoms with Crippen molar-refractivity contribution in [2.45, 2.75) is 58.8 Å². The van der Waals surface area contributed by atoms with Gasteiger partial charge in [-0.3, -0.25) is 42.8 Å². The molecule has 1 aliphatic heterocycles. The van der Waals surface area contributed by atoms with Gasteiger partial charge in [-0.1, -0.05) is 127 Å². The van der Waals surface area contributed by atoms with Gasteiger partial charge in [-0.25, -0.2) is 64.8 Å². The number of morpholine rings is 1. The first kappa shape index (κ1) is 86.8. The van der Waals surface area contributed by atoms with Crippen LogP contribution in [0.2, 0.25) is 0 Å². The lowest BCUT2D eigenvalue weighted by molar-refractivity contribution is 0.123. The molecule has 1 aliphatic rings. The van der Waals surface area contributed by atoms with E-state index in [-0.39, 0.29) is 52.4 Å². The van der Waals surface area contributed by atoms with Gasteiger partial charge in [0.25, 0.3) is 22.2 Å². The predicted molar refractivity (Wildman–Crippen MR) is 532 cm³/mol. The third-order valence-corrected chi connectivity index (χ3v) is 24.0. The van der Waals surface area contributed by atoms with Gasteiger partial charge in [0.2, 0.25) is 0 Å². The van der Waals surface area contributed by atoms with E-state index in [1.54, 1.807) is 71.6 Å². The zero-order valence-corrected chi connectivity index (χ0v) is 74.9. The number of hydrogen-bond acceptors (Lipinski definition) is 26. The average molecular weight is 1810 g/mol. The third-order valence-electron chi connectivity index (χ3n) is 24.0. The molecule has 34 heteroatoms. The third kappa shape index (κ3) is 17.6. The molecule has 0 spiro atoms. The predicted octanol–water partition coefficient (Wildman–Crippen LogP) is 17.2. The van der Waals surface area contributed by atoms with Crippen molar-refractivity contribution in [1.29, 1.82) is 0 Å². The van der Waals surface area contributed by atoms with Crippen LogP contribution in [0, 0.1) is 6.92 Å². The summed E-state index contributed by atoms with van der Waals surface area (Å²) in [5.41, 5.74) is 17.7. The molecule has 15 aromatic heterocycles. The Labute approximate surface area is 779 Å². The van der Waals surface area contributed by atoms with Crippen LogP contribution in [0.25, 0.3) is 138 Å². The number of imidazole rings is 4. The summed E-state index contributed by atoms with van der Waals surface area (Å²) in [5.74, 6) is 2.53. The van der Waals surface area contributed by atoms with E-state index in [4.69, 9.17) is 9.47 Å². The van der Waals surface area contributed by atoms with Crippen LogP contribution in [0.1, 0.15) is 80.3 Å². The second kappa shape index (κ2) is 38.3. The van der Waals surface area contributed by atoms with Gasteiger partial charge in [0.1, 0.15) is 41.0 Å². The number of nitrogens with zero attached hydrogens (tertiary/aromatic N) is 19. The Morgan fingerprint density at radius 3 is 1.33 bits per heavy atom. The smallest absolute Gasteiger partial charge is 0.316 e. The Morgan fingerprint density at radius 1 is 0.380 bits per heavy atom. The molecule has 22 aromatic rings. The summed E-state index contributed by atoms with van der Waals surface area (Å²) < 4.78 is 16.0. The number of rotatable bonds is 20. The molecular formula is C103H88N28O6. The first-order valence-electron chi connectivity index (χ1n) is 44.3. The molecule has 0 bridgehead atoms. The van der Waals surface area contributed by atoms with Gasteiger partial charge >= 0.3 is 6.01 Å². The van der Waals surface area contributed by atoms with Crippen molar-refractivity contribution in [3.05, 3.63) is 370 Å². The van der Waals surface area contributed by atoms with Crippen molar-refractivity contribution in [1.82, 2.24) is 113 Å². The SMILES string of the molecule is COc1ncc(-c2cccc3cc([C@H](C)Nc4ncnc5nc[nH]c45)n(-c4ccccc4)c(=O)c23)cn1.C[C@@H](Nc1nccc2[nH]cnc12)c1cc2cccc(N3CCOCC3)c2c(=O)n1-c1ccccc1.C[C@H](Nc1ncnc2nc[nH]c12)c1cc2cccc(-c3cccnc3)c2c(=O)[nH]1.Cc1cc(-c2cccc3cc([C@H](C)Nc4ncnc5nc[nH]c45)n(-c4ccccc4)c(=O)c23)ccn1. The Balaban J connectivity index is 0.000000113. The van der Waals surface area contributed by atoms with Gasteiger partial charge in [-0.05, 0) is 169 Å².